The van der Waals surface area contributed by atoms with Gasteiger partial charge in [-0.1, -0.05) is 6.92 Å². The van der Waals surface area contributed by atoms with Crippen molar-refractivity contribution in [3.63, 3.8) is 0 Å². The van der Waals surface area contributed by atoms with Crippen LogP contribution in [0.4, 0.5) is 0 Å². The molecule has 1 aromatic heterocycles. The van der Waals surface area contributed by atoms with E-state index in [0.717, 1.165) is 32.5 Å². The molecule has 0 aliphatic carbocycles. The van der Waals surface area contributed by atoms with Crippen molar-refractivity contribution in [2.24, 2.45) is 0 Å². The van der Waals surface area contributed by atoms with Crippen LogP contribution in [-0.4, -0.2) is 47.4 Å². The Kier molecular flexibility index (Phi) is 3.35. The minimum atomic E-state index is 0.115. The van der Waals surface area contributed by atoms with Crippen LogP contribution in [0.3, 0.4) is 0 Å². The average molecular weight is 262 g/mol. The van der Waals surface area contributed by atoms with Gasteiger partial charge in [0.1, 0.15) is 6.26 Å². The van der Waals surface area contributed by atoms with E-state index in [1.54, 1.807) is 18.6 Å². The lowest BCUT2D eigenvalue weighted by molar-refractivity contribution is 0.0431. The first-order chi connectivity index (χ1) is 9.25. The molecular weight excluding hydrogens is 240 g/mol. The van der Waals surface area contributed by atoms with E-state index in [0.29, 0.717) is 11.1 Å². The van der Waals surface area contributed by atoms with Crippen molar-refractivity contribution >= 4 is 5.91 Å². The molecule has 0 N–H and O–H groups in total. The third kappa shape index (κ3) is 2.18. The molecule has 19 heavy (non-hydrogen) atoms. The number of hydrogen-bond donors (Lipinski definition) is 0. The number of likely N-dealkylation sites (tertiary alicyclic amines) is 2. The van der Waals surface area contributed by atoms with Gasteiger partial charge in [0.25, 0.3) is 5.91 Å². The Morgan fingerprint density at radius 2 is 2.11 bits per heavy atom. The highest BCUT2D eigenvalue weighted by atomic mass is 16.3. The van der Waals surface area contributed by atoms with Crippen LogP contribution >= 0.6 is 0 Å². The number of hydrogen-bond acceptors (Lipinski definition) is 3. The van der Waals surface area contributed by atoms with Crippen LogP contribution in [0, 0.1) is 0 Å². The molecule has 4 nitrogen and oxygen atoms in total. The number of carbonyl (C=O) groups excluding carboxylic acids is 1. The molecule has 0 unspecified atom stereocenters. The van der Waals surface area contributed by atoms with Gasteiger partial charge in [-0.25, -0.2) is 0 Å². The van der Waals surface area contributed by atoms with Crippen LogP contribution in [0.2, 0.25) is 0 Å². The van der Waals surface area contributed by atoms with Crippen molar-refractivity contribution < 1.29 is 9.21 Å². The molecule has 0 radical (unpaired) electrons. The zero-order valence-corrected chi connectivity index (χ0v) is 11.6. The SMILES string of the molecule is CCN1CCCC12CCN(C(=O)c1ccoc1)CC2. The number of nitrogens with zero attached hydrogens (tertiary/aromatic N) is 2. The fourth-order valence-electron chi connectivity index (χ4n) is 3.75. The van der Waals surface area contributed by atoms with Crippen LogP contribution in [0.25, 0.3) is 0 Å². The van der Waals surface area contributed by atoms with Crippen molar-refractivity contribution in [3.05, 3.63) is 24.2 Å². The molecule has 0 atom stereocenters. The molecule has 1 spiro atoms. The van der Waals surface area contributed by atoms with Crippen LogP contribution in [0.1, 0.15) is 43.0 Å². The summed E-state index contributed by atoms with van der Waals surface area (Å²) in [4.78, 5) is 16.9. The van der Waals surface area contributed by atoms with E-state index in [1.165, 1.54) is 19.4 Å². The van der Waals surface area contributed by atoms with Gasteiger partial charge >= 0.3 is 0 Å². The standard InChI is InChI=1S/C15H22N2O2/c1-2-17-8-3-5-15(17)6-9-16(10-7-15)14(18)13-4-11-19-12-13/h4,11-12H,2-3,5-10H2,1H3. The van der Waals surface area contributed by atoms with Gasteiger partial charge in [-0.15, -0.1) is 0 Å². The molecule has 2 saturated heterocycles. The van der Waals surface area contributed by atoms with E-state index < -0.39 is 0 Å². The van der Waals surface area contributed by atoms with Gasteiger partial charge in [-0.2, -0.15) is 0 Å². The number of furan rings is 1. The summed E-state index contributed by atoms with van der Waals surface area (Å²) < 4.78 is 5.00. The number of piperidine rings is 1. The molecule has 3 rings (SSSR count). The molecular formula is C15H22N2O2. The molecule has 1 amide bonds. The number of rotatable bonds is 2. The summed E-state index contributed by atoms with van der Waals surface area (Å²) in [7, 11) is 0. The molecule has 0 saturated carbocycles. The lowest BCUT2D eigenvalue weighted by Gasteiger charge is -2.44. The summed E-state index contributed by atoms with van der Waals surface area (Å²) in [5.74, 6) is 0.115. The fourth-order valence-corrected chi connectivity index (χ4v) is 3.75. The third-order valence-corrected chi connectivity index (χ3v) is 4.87. The van der Waals surface area contributed by atoms with Gasteiger partial charge in [0.15, 0.2) is 0 Å². The van der Waals surface area contributed by atoms with Crippen LogP contribution in [0.5, 0.6) is 0 Å². The lowest BCUT2D eigenvalue weighted by atomic mass is 9.85. The van der Waals surface area contributed by atoms with Gasteiger partial charge in [0.05, 0.1) is 11.8 Å². The molecule has 4 heteroatoms. The zero-order chi connectivity index (χ0) is 13.3. The van der Waals surface area contributed by atoms with Crippen molar-refractivity contribution in [1.82, 2.24) is 9.80 Å². The van der Waals surface area contributed by atoms with Crippen molar-refractivity contribution in [2.75, 3.05) is 26.2 Å². The van der Waals surface area contributed by atoms with Gasteiger partial charge < -0.3 is 9.32 Å². The Labute approximate surface area is 114 Å². The number of amides is 1. The highest BCUT2D eigenvalue weighted by Gasteiger charge is 2.42. The summed E-state index contributed by atoms with van der Waals surface area (Å²) in [5, 5.41) is 0. The predicted molar refractivity (Wildman–Crippen MR) is 73.1 cm³/mol. The highest BCUT2D eigenvalue weighted by molar-refractivity contribution is 5.93. The second-order valence-corrected chi connectivity index (χ2v) is 5.71. The second kappa shape index (κ2) is 5.00. The van der Waals surface area contributed by atoms with Gasteiger partial charge in [0.2, 0.25) is 0 Å². The van der Waals surface area contributed by atoms with Gasteiger partial charge in [-0.3, -0.25) is 9.69 Å². The lowest BCUT2D eigenvalue weighted by Crippen LogP contribution is -2.53. The molecule has 0 bridgehead atoms. The normalized spacial score (nSPS) is 23.1. The zero-order valence-electron chi connectivity index (χ0n) is 11.6. The first-order valence-electron chi connectivity index (χ1n) is 7.32. The van der Waals surface area contributed by atoms with Crippen molar-refractivity contribution in [3.8, 4) is 0 Å². The monoisotopic (exact) mass is 262 g/mol. The largest absolute Gasteiger partial charge is 0.472 e. The number of carbonyl (C=O) groups is 1. The average Bonchev–Trinajstić information content (AvgIpc) is 3.08. The van der Waals surface area contributed by atoms with E-state index in [9.17, 15) is 4.79 Å². The molecule has 104 valence electrons. The van der Waals surface area contributed by atoms with Gasteiger partial charge in [-0.05, 0) is 44.8 Å². The molecule has 2 fully saturated rings. The van der Waals surface area contributed by atoms with E-state index >= 15 is 0 Å². The summed E-state index contributed by atoms with van der Waals surface area (Å²) in [5.41, 5.74) is 1.05. The van der Waals surface area contributed by atoms with E-state index in [1.807, 2.05) is 4.90 Å². The predicted octanol–water partition coefficient (Wildman–Crippen LogP) is 2.37. The molecule has 0 aromatic carbocycles. The highest BCUT2D eigenvalue weighted by Crippen LogP contribution is 2.38. The Balaban J connectivity index is 1.65. The Hall–Kier alpha value is -1.29. The maximum Gasteiger partial charge on any atom is 0.257 e. The molecule has 2 aliphatic heterocycles. The Morgan fingerprint density at radius 3 is 2.74 bits per heavy atom. The quantitative estimate of drug-likeness (QED) is 0.821. The Morgan fingerprint density at radius 1 is 1.32 bits per heavy atom. The molecule has 1 aromatic rings. The maximum absolute atomic E-state index is 12.3. The van der Waals surface area contributed by atoms with Crippen LogP contribution in [-0.2, 0) is 0 Å². The van der Waals surface area contributed by atoms with E-state index in [2.05, 4.69) is 11.8 Å². The summed E-state index contributed by atoms with van der Waals surface area (Å²) >= 11 is 0. The maximum atomic E-state index is 12.3. The minimum Gasteiger partial charge on any atom is -0.472 e. The first-order valence-corrected chi connectivity index (χ1v) is 7.32. The van der Waals surface area contributed by atoms with Crippen molar-refractivity contribution in [1.29, 1.82) is 0 Å². The summed E-state index contributed by atoms with van der Waals surface area (Å²) in [6.07, 6.45) is 7.95. The van der Waals surface area contributed by atoms with Crippen molar-refractivity contribution in [2.45, 2.75) is 38.1 Å². The topological polar surface area (TPSA) is 36.7 Å². The third-order valence-electron chi connectivity index (χ3n) is 4.87. The molecule has 3 heterocycles. The van der Waals surface area contributed by atoms with Crippen LogP contribution in [0.15, 0.2) is 23.0 Å². The fraction of sp³-hybridized carbons (Fsp3) is 0.667. The second-order valence-electron chi connectivity index (χ2n) is 5.71. The summed E-state index contributed by atoms with van der Waals surface area (Å²) in [6, 6.07) is 1.75. The summed E-state index contributed by atoms with van der Waals surface area (Å²) in [6.45, 7) is 6.36. The molecule has 2 aliphatic rings. The first kappa shape index (κ1) is 12.7. The van der Waals surface area contributed by atoms with Gasteiger partial charge in [0, 0.05) is 18.6 Å². The van der Waals surface area contributed by atoms with Crippen LogP contribution < -0.4 is 0 Å². The minimum absolute atomic E-state index is 0.115. The Bertz CT molecular complexity index is 433. The van der Waals surface area contributed by atoms with E-state index in [-0.39, 0.29) is 5.91 Å². The van der Waals surface area contributed by atoms with E-state index in [4.69, 9.17) is 4.42 Å². The smallest absolute Gasteiger partial charge is 0.257 e.